The van der Waals surface area contributed by atoms with Crippen molar-refractivity contribution >= 4 is 17.5 Å². The maximum Gasteiger partial charge on any atom is 0.387 e. The molecule has 34 heavy (non-hydrogen) atoms. The number of nitrogens with one attached hydrogen (secondary N) is 1. The summed E-state index contributed by atoms with van der Waals surface area (Å²) in [6.07, 6.45) is 2.49. The number of hydrogen-bond donors (Lipinski definition) is 2. The number of alkyl halides is 2. The number of halogens is 2. The molecule has 0 bridgehead atoms. The number of hydrogen-bond acceptors (Lipinski definition) is 5. The number of anilines is 1. The Labute approximate surface area is 196 Å². The summed E-state index contributed by atoms with van der Waals surface area (Å²) in [6, 6.07) is 11.0. The van der Waals surface area contributed by atoms with Gasteiger partial charge in [0.25, 0.3) is 0 Å². The lowest BCUT2D eigenvalue weighted by atomic mass is 9.95. The standard InChI is InChI=1S/C25H28F2N2O5/c1-15(31)29-12-19(10-21(29)24(32)28-20-4-2-3-17(9-20)13-30)18-7-8-22(34-25(26)27)23(11-18)33-14-16-5-6-16/h2-4,7-9,11,16,19,21,25,30H,5-6,10,12-14H2,1H3,(H,28,32)/t19?,21-/m1/s1. The van der Waals surface area contributed by atoms with Crippen molar-refractivity contribution in [3.8, 4) is 11.5 Å². The van der Waals surface area contributed by atoms with E-state index in [1.165, 1.54) is 17.9 Å². The van der Waals surface area contributed by atoms with Crippen molar-refractivity contribution in [3.63, 3.8) is 0 Å². The molecule has 4 rings (SSSR count). The Morgan fingerprint density at radius 3 is 2.65 bits per heavy atom. The minimum absolute atomic E-state index is 0.0288. The number of ether oxygens (including phenoxy) is 2. The second-order valence-electron chi connectivity index (χ2n) is 8.81. The molecule has 1 saturated heterocycles. The highest BCUT2D eigenvalue weighted by molar-refractivity contribution is 5.97. The van der Waals surface area contributed by atoms with E-state index < -0.39 is 12.7 Å². The average Bonchev–Trinajstić information content (AvgIpc) is 3.53. The first-order chi connectivity index (χ1) is 16.3. The first kappa shape index (κ1) is 23.9. The smallest absolute Gasteiger partial charge is 0.387 e. The largest absolute Gasteiger partial charge is 0.489 e. The van der Waals surface area contributed by atoms with E-state index in [-0.39, 0.29) is 35.8 Å². The van der Waals surface area contributed by atoms with Crippen molar-refractivity contribution < 1.29 is 33.0 Å². The molecule has 1 unspecified atom stereocenters. The van der Waals surface area contributed by atoms with Crippen molar-refractivity contribution in [2.24, 2.45) is 5.92 Å². The Bertz CT molecular complexity index is 1040. The van der Waals surface area contributed by atoms with Gasteiger partial charge in [-0.05, 0) is 60.6 Å². The summed E-state index contributed by atoms with van der Waals surface area (Å²) >= 11 is 0. The van der Waals surface area contributed by atoms with E-state index in [1.54, 1.807) is 36.4 Å². The highest BCUT2D eigenvalue weighted by Gasteiger charge is 2.39. The predicted molar refractivity (Wildman–Crippen MR) is 121 cm³/mol. The van der Waals surface area contributed by atoms with Gasteiger partial charge in [0.1, 0.15) is 6.04 Å². The van der Waals surface area contributed by atoms with Crippen molar-refractivity contribution in [3.05, 3.63) is 53.6 Å². The fraction of sp³-hybridized carbons (Fsp3) is 0.440. The molecule has 1 aliphatic heterocycles. The van der Waals surface area contributed by atoms with Crippen LogP contribution in [0, 0.1) is 5.92 Å². The van der Waals surface area contributed by atoms with Gasteiger partial charge in [-0.3, -0.25) is 9.59 Å². The number of aliphatic hydroxyl groups is 1. The average molecular weight is 475 g/mol. The maximum absolute atomic E-state index is 13.0. The van der Waals surface area contributed by atoms with Crippen molar-refractivity contribution in [1.29, 1.82) is 0 Å². The minimum Gasteiger partial charge on any atom is -0.489 e. The molecule has 0 spiro atoms. The van der Waals surface area contributed by atoms with Gasteiger partial charge in [0.15, 0.2) is 11.5 Å². The molecular weight excluding hydrogens is 446 g/mol. The van der Waals surface area contributed by atoms with E-state index in [9.17, 15) is 23.5 Å². The van der Waals surface area contributed by atoms with Crippen molar-refractivity contribution in [1.82, 2.24) is 4.90 Å². The number of amides is 2. The van der Waals surface area contributed by atoms with Gasteiger partial charge in [-0.2, -0.15) is 8.78 Å². The number of aliphatic hydroxyl groups excluding tert-OH is 1. The molecule has 2 fully saturated rings. The van der Waals surface area contributed by atoms with E-state index >= 15 is 0 Å². The molecular formula is C25H28F2N2O5. The summed E-state index contributed by atoms with van der Waals surface area (Å²) in [7, 11) is 0. The zero-order valence-electron chi connectivity index (χ0n) is 18.9. The number of benzene rings is 2. The molecule has 2 amide bonds. The maximum atomic E-state index is 13.0. The Morgan fingerprint density at radius 2 is 1.97 bits per heavy atom. The van der Waals surface area contributed by atoms with E-state index in [0.29, 0.717) is 36.7 Å². The third kappa shape index (κ3) is 5.83. The molecule has 1 heterocycles. The van der Waals surface area contributed by atoms with Crippen LogP contribution in [0.25, 0.3) is 0 Å². The van der Waals surface area contributed by atoms with Gasteiger partial charge in [0, 0.05) is 25.1 Å². The molecule has 2 N–H and O–H groups in total. The lowest BCUT2D eigenvalue weighted by molar-refractivity contribution is -0.134. The number of carbonyl (C=O) groups excluding carboxylic acids is 2. The second kappa shape index (κ2) is 10.4. The molecule has 1 aliphatic carbocycles. The molecule has 182 valence electrons. The Hall–Kier alpha value is -3.20. The molecule has 0 radical (unpaired) electrons. The first-order valence-corrected chi connectivity index (χ1v) is 11.3. The van der Waals surface area contributed by atoms with Crippen LogP contribution in [0.2, 0.25) is 0 Å². The number of likely N-dealkylation sites (tertiary alicyclic amines) is 1. The first-order valence-electron chi connectivity index (χ1n) is 11.3. The van der Waals surface area contributed by atoms with E-state index in [2.05, 4.69) is 10.1 Å². The number of nitrogens with zero attached hydrogens (tertiary/aromatic N) is 1. The molecule has 9 heteroatoms. The zero-order valence-corrected chi connectivity index (χ0v) is 18.9. The number of carbonyl (C=O) groups is 2. The Balaban J connectivity index is 1.52. The summed E-state index contributed by atoms with van der Waals surface area (Å²) in [6.45, 7) is -0.942. The SMILES string of the molecule is CC(=O)N1CC(c2ccc(OC(F)F)c(OCC3CC3)c2)C[C@@H]1C(=O)Nc1cccc(CO)c1. The van der Waals surface area contributed by atoms with Crippen LogP contribution in [0.15, 0.2) is 42.5 Å². The van der Waals surface area contributed by atoms with Gasteiger partial charge in [-0.25, -0.2) is 0 Å². The van der Waals surface area contributed by atoms with E-state index in [4.69, 9.17) is 4.74 Å². The van der Waals surface area contributed by atoms with Crippen LogP contribution in [0.3, 0.4) is 0 Å². The summed E-state index contributed by atoms with van der Waals surface area (Å²) in [5.41, 5.74) is 1.99. The van der Waals surface area contributed by atoms with Gasteiger partial charge in [-0.1, -0.05) is 18.2 Å². The summed E-state index contributed by atoms with van der Waals surface area (Å²) < 4.78 is 36.1. The third-order valence-corrected chi connectivity index (χ3v) is 6.21. The van der Waals surface area contributed by atoms with Gasteiger partial charge in [0.05, 0.1) is 13.2 Å². The lowest BCUT2D eigenvalue weighted by Gasteiger charge is -2.22. The van der Waals surface area contributed by atoms with Gasteiger partial charge >= 0.3 is 6.61 Å². The van der Waals surface area contributed by atoms with Crippen LogP contribution < -0.4 is 14.8 Å². The normalized spacial score (nSPS) is 19.9. The van der Waals surface area contributed by atoms with Gasteiger partial charge in [0.2, 0.25) is 11.8 Å². The van der Waals surface area contributed by atoms with Crippen LogP contribution in [-0.2, 0) is 16.2 Å². The molecule has 1 saturated carbocycles. The topological polar surface area (TPSA) is 88.1 Å². The Morgan fingerprint density at radius 1 is 1.18 bits per heavy atom. The molecule has 2 aromatic rings. The van der Waals surface area contributed by atoms with E-state index in [1.807, 2.05) is 0 Å². The fourth-order valence-electron chi connectivity index (χ4n) is 4.22. The third-order valence-electron chi connectivity index (χ3n) is 6.21. The lowest BCUT2D eigenvalue weighted by Crippen LogP contribution is -2.42. The van der Waals surface area contributed by atoms with Crippen molar-refractivity contribution in [2.75, 3.05) is 18.5 Å². The highest BCUT2D eigenvalue weighted by Crippen LogP contribution is 2.39. The van der Waals surface area contributed by atoms with Crippen molar-refractivity contribution in [2.45, 2.75) is 51.4 Å². The quantitative estimate of drug-likeness (QED) is 0.575. The molecule has 2 atom stereocenters. The van der Waals surface area contributed by atoms with Gasteiger partial charge in [-0.15, -0.1) is 0 Å². The summed E-state index contributed by atoms with van der Waals surface area (Å²) in [4.78, 5) is 26.9. The summed E-state index contributed by atoms with van der Waals surface area (Å²) in [5, 5.41) is 12.1. The molecule has 0 aromatic heterocycles. The monoisotopic (exact) mass is 474 g/mol. The molecule has 7 nitrogen and oxygen atoms in total. The predicted octanol–water partition coefficient (Wildman–Crippen LogP) is 3.91. The zero-order chi connectivity index (χ0) is 24.2. The van der Waals surface area contributed by atoms with Crippen LogP contribution >= 0.6 is 0 Å². The molecule has 2 aliphatic rings. The number of rotatable bonds is 9. The minimum atomic E-state index is -2.97. The highest BCUT2D eigenvalue weighted by atomic mass is 19.3. The summed E-state index contributed by atoms with van der Waals surface area (Å²) in [5.74, 6) is -0.0793. The van der Waals surface area contributed by atoms with Crippen LogP contribution in [-0.4, -0.2) is 47.6 Å². The van der Waals surface area contributed by atoms with Crippen LogP contribution in [0.1, 0.15) is 43.2 Å². The van der Waals surface area contributed by atoms with Gasteiger partial charge < -0.3 is 24.8 Å². The van der Waals surface area contributed by atoms with Crippen LogP contribution in [0.5, 0.6) is 11.5 Å². The van der Waals surface area contributed by atoms with E-state index in [0.717, 1.165) is 18.4 Å². The molecule has 2 aromatic carbocycles. The Kier molecular flexibility index (Phi) is 7.31. The fourth-order valence-corrected chi connectivity index (χ4v) is 4.22. The van der Waals surface area contributed by atoms with Crippen LogP contribution in [0.4, 0.5) is 14.5 Å². The second-order valence-corrected chi connectivity index (χ2v) is 8.81.